The molecule has 1 unspecified atom stereocenters. The standard InChI is InChI=1S/C14H24N2O3/c1-2-19-13(17)12-8-7-11-16(12)14(18)15-9-5-3-4-6-10-15/h12H,2-11H2,1H3. The van der Waals surface area contributed by atoms with E-state index in [4.69, 9.17) is 4.74 Å². The van der Waals surface area contributed by atoms with Gasteiger partial charge in [-0.15, -0.1) is 0 Å². The second-order valence-electron chi connectivity index (χ2n) is 5.29. The van der Waals surface area contributed by atoms with Gasteiger partial charge in [0, 0.05) is 19.6 Å². The van der Waals surface area contributed by atoms with Crippen LogP contribution in [0, 0.1) is 0 Å². The second kappa shape index (κ2) is 6.78. The Morgan fingerprint density at radius 1 is 1.05 bits per heavy atom. The second-order valence-corrected chi connectivity index (χ2v) is 5.29. The number of amides is 2. The quantitative estimate of drug-likeness (QED) is 0.720. The minimum absolute atomic E-state index is 0.0254. The molecule has 0 aliphatic carbocycles. The van der Waals surface area contributed by atoms with Crippen LogP contribution in [0.5, 0.6) is 0 Å². The molecule has 2 fully saturated rings. The van der Waals surface area contributed by atoms with E-state index in [1.165, 1.54) is 12.8 Å². The van der Waals surface area contributed by atoms with E-state index in [-0.39, 0.29) is 18.0 Å². The van der Waals surface area contributed by atoms with E-state index in [0.717, 1.165) is 38.8 Å². The lowest BCUT2D eigenvalue weighted by atomic mass is 10.2. The van der Waals surface area contributed by atoms with E-state index in [0.29, 0.717) is 13.2 Å². The maximum atomic E-state index is 12.5. The topological polar surface area (TPSA) is 49.9 Å². The van der Waals surface area contributed by atoms with Crippen molar-refractivity contribution < 1.29 is 14.3 Å². The number of nitrogens with zero attached hydrogens (tertiary/aromatic N) is 2. The van der Waals surface area contributed by atoms with Gasteiger partial charge in [-0.1, -0.05) is 12.8 Å². The van der Waals surface area contributed by atoms with Gasteiger partial charge >= 0.3 is 12.0 Å². The number of likely N-dealkylation sites (tertiary alicyclic amines) is 2. The van der Waals surface area contributed by atoms with Crippen LogP contribution in [0.2, 0.25) is 0 Å². The van der Waals surface area contributed by atoms with Crippen molar-refractivity contribution in [2.45, 2.75) is 51.5 Å². The Morgan fingerprint density at radius 2 is 1.74 bits per heavy atom. The fraction of sp³-hybridized carbons (Fsp3) is 0.857. The fourth-order valence-corrected chi connectivity index (χ4v) is 2.92. The molecule has 0 aromatic rings. The number of carbonyl (C=O) groups is 2. The van der Waals surface area contributed by atoms with Gasteiger partial charge in [0.2, 0.25) is 0 Å². The van der Waals surface area contributed by atoms with Crippen LogP contribution in [0.25, 0.3) is 0 Å². The third kappa shape index (κ3) is 3.39. The number of ether oxygens (including phenoxy) is 1. The molecule has 108 valence electrons. The van der Waals surface area contributed by atoms with E-state index in [1.54, 1.807) is 11.8 Å². The van der Waals surface area contributed by atoms with Gasteiger partial charge in [0.1, 0.15) is 6.04 Å². The molecule has 5 nitrogen and oxygen atoms in total. The number of hydrogen-bond donors (Lipinski definition) is 0. The van der Waals surface area contributed by atoms with Crippen LogP contribution in [0.1, 0.15) is 45.4 Å². The van der Waals surface area contributed by atoms with Crippen molar-refractivity contribution in [3.05, 3.63) is 0 Å². The monoisotopic (exact) mass is 268 g/mol. The molecule has 0 spiro atoms. The Labute approximate surface area is 114 Å². The number of carbonyl (C=O) groups excluding carboxylic acids is 2. The third-order valence-corrected chi connectivity index (χ3v) is 3.93. The van der Waals surface area contributed by atoms with Gasteiger partial charge in [0.25, 0.3) is 0 Å². The zero-order chi connectivity index (χ0) is 13.7. The molecule has 0 saturated carbocycles. The predicted molar refractivity (Wildman–Crippen MR) is 71.8 cm³/mol. The molecule has 0 N–H and O–H groups in total. The highest BCUT2D eigenvalue weighted by Crippen LogP contribution is 2.21. The summed E-state index contributed by atoms with van der Waals surface area (Å²) in [7, 11) is 0. The smallest absolute Gasteiger partial charge is 0.328 e. The summed E-state index contributed by atoms with van der Waals surface area (Å²) >= 11 is 0. The average molecular weight is 268 g/mol. The Balaban J connectivity index is 1.98. The molecule has 19 heavy (non-hydrogen) atoms. The molecule has 2 saturated heterocycles. The van der Waals surface area contributed by atoms with Gasteiger partial charge in [-0.05, 0) is 32.6 Å². The maximum Gasteiger partial charge on any atom is 0.328 e. The SMILES string of the molecule is CCOC(=O)C1CCCN1C(=O)N1CCCCCC1. The van der Waals surface area contributed by atoms with Crippen LogP contribution in [0.4, 0.5) is 4.79 Å². The van der Waals surface area contributed by atoms with Gasteiger partial charge in [0.15, 0.2) is 0 Å². The molecule has 2 aliphatic rings. The van der Waals surface area contributed by atoms with Crippen LogP contribution in [-0.2, 0) is 9.53 Å². The normalized spacial score (nSPS) is 24.2. The summed E-state index contributed by atoms with van der Waals surface area (Å²) in [5.41, 5.74) is 0. The highest BCUT2D eigenvalue weighted by molar-refractivity contribution is 5.84. The number of urea groups is 1. The summed E-state index contributed by atoms with van der Waals surface area (Å²) in [6.07, 6.45) is 6.17. The first-order valence-electron chi connectivity index (χ1n) is 7.46. The lowest BCUT2D eigenvalue weighted by Gasteiger charge is -2.30. The first-order valence-corrected chi connectivity index (χ1v) is 7.46. The summed E-state index contributed by atoms with van der Waals surface area (Å²) in [6.45, 7) is 4.50. The van der Waals surface area contributed by atoms with Crippen molar-refractivity contribution in [2.75, 3.05) is 26.2 Å². The van der Waals surface area contributed by atoms with E-state index >= 15 is 0 Å². The molecule has 2 aliphatic heterocycles. The van der Waals surface area contributed by atoms with Gasteiger partial charge in [-0.2, -0.15) is 0 Å². The summed E-state index contributed by atoms with van der Waals surface area (Å²) in [6, 6.07) is -0.340. The summed E-state index contributed by atoms with van der Waals surface area (Å²) < 4.78 is 5.07. The largest absolute Gasteiger partial charge is 0.464 e. The Kier molecular flexibility index (Phi) is 5.05. The third-order valence-electron chi connectivity index (χ3n) is 3.93. The molecule has 2 heterocycles. The average Bonchev–Trinajstić information content (AvgIpc) is 2.73. The summed E-state index contributed by atoms with van der Waals surface area (Å²) in [5.74, 6) is -0.247. The van der Waals surface area contributed by atoms with Crippen molar-refractivity contribution in [1.82, 2.24) is 9.80 Å². The van der Waals surface area contributed by atoms with Gasteiger partial charge in [-0.25, -0.2) is 9.59 Å². The molecular formula is C14H24N2O3. The Hall–Kier alpha value is -1.26. The lowest BCUT2D eigenvalue weighted by Crippen LogP contribution is -2.48. The molecule has 5 heteroatoms. The van der Waals surface area contributed by atoms with E-state index in [9.17, 15) is 9.59 Å². The zero-order valence-corrected chi connectivity index (χ0v) is 11.8. The van der Waals surface area contributed by atoms with Gasteiger partial charge in [-0.3, -0.25) is 0 Å². The van der Waals surface area contributed by atoms with Crippen molar-refractivity contribution in [2.24, 2.45) is 0 Å². The van der Waals surface area contributed by atoms with E-state index in [2.05, 4.69) is 0 Å². The van der Waals surface area contributed by atoms with Crippen LogP contribution in [0.3, 0.4) is 0 Å². The van der Waals surface area contributed by atoms with Crippen molar-refractivity contribution in [1.29, 1.82) is 0 Å². The minimum atomic E-state index is -0.365. The van der Waals surface area contributed by atoms with Crippen molar-refractivity contribution >= 4 is 12.0 Å². The summed E-state index contributed by atoms with van der Waals surface area (Å²) in [5, 5.41) is 0. The van der Waals surface area contributed by atoms with Crippen LogP contribution in [-0.4, -0.2) is 54.1 Å². The molecular weight excluding hydrogens is 244 g/mol. The van der Waals surface area contributed by atoms with Gasteiger partial charge in [0.05, 0.1) is 6.61 Å². The fourth-order valence-electron chi connectivity index (χ4n) is 2.92. The molecule has 2 rings (SSSR count). The van der Waals surface area contributed by atoms with Crippen molar-refractivity contribution in [3.8, 4) is 0 Å². The molecule has 0 aromatic carbocycles. The first-order chi connectivity index (χ1) is 9.24. The van der Waals surface area contributed by atoms with Crippen LogP contribution < -0.4 is 0 Å². The number of rotatable bonds is 2. The van der Waals surface area contributed by atoms with E-state index in [1.807, 2.05) is 4.90 Å². The zero-order valence-electron chi connectivity index (χ0n) is 11.8. The Bertz CT molecular complexity index is 325. The molecule has 0 aromatic heterocycles. The van der Waals surface area contributed by atoms with Crippen molar-refractivity contribution in [3.63, 3.8) is 0 Å². The molecule has 0 radical (unpaired) electrons. The van der Waals surface area contributed by atoms with Gasteiger partial charge < -0.3 is 14.5 Å². The summed E-state index contributed by atoms with van der Waals surface area (Å²) in [4.78, 5) is 28.0. The first kappa shape index (κ1) is 14.2. The lowest BCUT2D eigenvalue weighted by molar-refractivity contribution is -0.147. The molecule has 2 amide bonds. The highest BCUT2D eigenvalue weighted by atomic mass is 16.5. The van der Waals surface area contributed by atoms with E-state index < -0.39 is 0 Å². The number of esters is 1. The minimum Gasteiger partial charge on any atom is -0.464 e. The van der Waals surface area contributed by atoms with Crippen LogP contribution in [0.15, 0.2) is 0 Å². The number of hydrogen-bond acceptors (Lipinski definition) is 3. The predicted octanol–water partition coefficient (Wildman–Crippen LogP) is 2.01. The molecule has 1 atom stereocenters. The highest BCUT2D eigenvalue weighted by Gasteiger charge is 2.37. The molecule has 0 bridgehead atoms. The maximum absolute atomic E-state index is 12.5. The Morgan fingerprint density at radius 3 is 2.37 bits per heavy atom. The van der Waals surface area contributed by atoms with Crippen LogP contribution >= 0.6 is 0 Å².